The zero-order chi connectivity index (χ0) is 22.3. The minimum atomic E-state index is -0.265. The number of anilines is 1. The Morgan fingerprint density at radius 3 is 2.28 bits per heavy atom. The van der Waals surface area contributed by atoms with E-state index in [2.05, 4.69) is 28.0 Å². The van der Waals surface area contributed by atoms with Gasteiger partial charge in [0.2, 0.25) is 0 Å². The number of rotatable bonds is 8. The number of piperazine rings is 1. The highest BCUT2D eigenvalue weighted by atomic mass is 32.2. The molecule has 32 heavy (non-hydrogen) atoms. The lowest BCUT2D eigenvalue weighted by Crippen LogP contribution is -2.45. The van der Waals surface area contributed by atoms with Crippen molar-refractivity contribution in [1.29, 1.82) is 0 Å². The second-order valence-corrected chi connectivity index (χ2v) is 8.38. The molecule has 7 heteroatoms. The van der Waals surface area contributed by atoms with E-state index < -0.39 is 0 Å². The Morgan fingerprint density at radius 1 is 0.844 bits per heavy atom. The molecule has 168 valence electrons. The van der Waals surface area contributed by atoms with Crippen LogP contribution in [-0.2, 0) is 6.54 Å². The largest absolute Gasteiger partial charge is 0.493 e. The normalized spacial score (nSPS) is 14.3. The lowest BCUT2D eigenvalue weighted by atomic mass is 10.1. The summed E-state index contributed by atoms with van der Waals surface area (Å²) in [6, 6.07) is 20.5. The van der Waals surface area contributed by atoms with Crippen LogP contribution in [0.25, 0.3) is 0 Å². The zero-order valence-corrected chi connectivity index (χ0v) is 19.1. The molecule has 1 aliphatic rings. The van der Waals surface area contributed by atoms with Gasteiger partial charge < -0.3 is 18.6 Å². The van der Waals surface area contributed by atoms with Crippen molar-refractivity contribution in [3.05, 3.63) is 78.1 Å². The van der Waals surface area contributed by atoms with E-state index in [1.54, 1.807) is 20.3 Å². The molecule has 0 aliphatic carbocycles. The predicted molar refractivity (Wildman–Crippen MR) is 126 cm³/mol. The van der Waals surface area contributed by atoms with E-state index in [0.29, 0.717) is 0 Å². The fourth-order valence-electron chi connectivity index (χ4n) is 3.73. The van der Waals surface area contributed by atoms with Crippen LogP contribution in [0.2, 0.25) is 0 Å². The Morgan fingerprint density at radius 2 is 1.59 bits per heavy atom. The van der Waals surface area contributed by atoms with Crippen LogP contribution in [0, 0.1) is 5.82 Å². The molecule has 0 unspecified atom stereocenters. The molecule has 5 nitrogen and oxygen atoms in total. The van der Waals surface area contributed by atoms with Gasteiger partial charge in [0.15, 0.2) is 11.5 Å². The van der Waals surface area contributed by atoms with Crippen LogP contribution in [0.4, 0.5) is 10.1 Å². The average molecular weight is 455 g/mol. The molecule has 0 bridgehead atoms. The number of ether oxygens (including phenoxy) is 2. The van der Waals surface area contributed by atoms with Gasteiger partial charge in [0.25, 0.3) is 0 Å². The van der Waals surface area contributed by atoms with Gasteiger partial charge in [-0.25, -0.2) is 4.39 Å². The second kappa shape index (κ2) is 10.6. The predicted octanol–water partition coefficient (Wildman–Crippen LogP) is 5.25. The SMILES string of the molecule is COc1ccc(CN2CCN(c3ccc(OSc4cccc(F)c4)cc3)CC2)cc1OC. The minimum Gasteiger partial charge on any atom is -0.493 e. The molecule has 1 aliphatic heterocycles. The Hall–Kier alpha value is -2.90. The maximum absolute atomic E-state index is 13.3. The Balaban J connectivity index is 1.27. The molecule has 0 atom stereocenters. The first-order valence-corrected chi connectivity index (χ1v) is 11.3. The van der Waals surface area contributed by atoms with Gasteiger partial charge in [-0.3, -0.25) is 4.90 Å². The third kappa shape index (κ3) is 5.66. The molecule has 0 radical (unpaired) electrons. The van der Waals surface area contributed by atoms with Gasteiger partial charge in [0.1, 0.15) is 11.6 Å². The standard InChI is InChI=1S/C25H27FN2O3S/c1-29-24-11-6-19(16-25(24)30-2)18-27-12-14-28(15-13-27)21-7-9-22(10-8-21)31-32-23-5-3-4-20(26)17-23/h3-11,16-17H,12-15,18H2,1-2H3. The van der Waals surface area contributed by atoms with Gasteiger partial charge in [0, 0.05) is 38.4 Å². The van der Waals surface area contributed by atoms with Crippen molar-refractivity contribution in [1.82, 2.24) is 4.90 Å². The van der Waals surface area contributed by atoms with E-state index in [9.17, 15) is 4.39 Å². The number of hydrogen-bond donors (Lipinski definition) is 0. The highest BCUT2D eigenvalue weighted by Crippen LogP contribution is 2.29. The number of hydrogen-bond acceptors (Lipinski definition) is 6. The van der Waals surface area contributed by atoms with Gasteiger partial charge in [-0.05, 0) is 60.2 Å². The molecule has 1 saturated heterocycles. The Labute approximate surface area is 192 Å². The second-order valence-electron chi connectivity index (χ2n) is 7.57. The fourth-order valence-corrected chi connectivity index (χ4v) is 4.33. The summed E-state index contributed by atoms with van der Waals surface area (Å²) in [4.78, 5) is 5.57. The summed E-state index contributed by atoms with van der Waals surface area (Å²) in [5.74, 6) is 2.00. The highest BCUT2D eigenvalue weighted by Gasteiger charge is 2.18. The summed E-state index contributed by atoms with van der Waals surface area (Å²) in [5.41, 5.74) is 2.40. The van der Waals surface area contributed by atoms with E-state index in [1.807, 2.05) is 30.3 Å². The molecule has 1 heterocycles. The number of halogens is 1. The van der Waals surface area contributed by atoms with Crippen molar-refractivity contribution >= 4 is 17.7 Å². The molecule has 3 aromatic rings. The van der Waals surface area contributed by atoms with Crippen LogP contribution in [0.5, 0.6) is 17.2 Å². The molecular formula is C25H27FN2O3S. The Kier molecular flexibility index (Phi) is 7.39. The van der Waals surface area contributed by atoms with Gasteiger partial charge in [-0.2, -0.15) is 0 Å². The van der Waals surface area contributed by atoms with Crippen molar-refractivity contribution < 1.29 is 18.0 Å². The summed E-state index contributed by atoms with van der Waals surface area (Å²) in [7, 11) is 3.32. The van der Waals surface area contributed by atoms with Crippen molar-refractivity contribution in [2.45, 2.75) is 11.4 Å². The minimum absolute atomic E-state index is 0.265. The quantitative estimate of drug-likeness (QED) is 0.433. The zero-order valence-electron chi connectivity index (χ0n) is 18.3. The fraction of sp³-hybridized carbons (Fsp3) is 0.280. The van der Waals surface area contributed by atoms with Crippen LogP contribution in [0.1, 0.15) is 5.56 Å². The molecular weight excluding hydrogens is 427 g/mol. The first-order valence-electron chi connectivity index (χ1n) is 10.5. The van der Waals surface area contributed by atoms with Crippen molar-refractivity contribution in [3.63, 3.8) is 0 Å². The van der Waals surface area contributed by atoms with E-state index >= 15 is 0 Å². The summed E-state index contributed by atoms with van der Waals surface area (Å²) in [6.45, 7) is 4.79. The van der Waals surface area contributed by atoms with Crippen molar-refractivity contribution in [2.75, 3.05) is 45.3 Å². The number of nitrogens with zero attached hydrogens (tertiary/aromatic N) is 2. The molecule has 3 aromatic carbocycles. The molecule has 0 spiro atoms. The molecule has 0 aromatic heterocycles. The smallest absolute Gasteiger partial charge is 0.161 e. The Bertz CT molecular complexity index is 1020. The topological polar surface area (TPSA) is 34.2 Å². The van der Waals surface area contributed by atoms with Crippen molar-refractivity contribution in [2.24, 2.45) is 0 Å². The number of benzene rings is 3. The summed E-state index contributed by atoms with van der Waals surface area (Å²) in [5, 5.41) is 0. The number of methoxy groups -OCH3 is 2. The third-order valence-electron chi connectivity index (χ3n) is 5.46. The van der Waals surface area contributed by atoms with Crippen LogP contribution in [0.3, 0.4) is 0 Å². The van der Waals surface area contributed by atoms with E-state index in [0.717, 1.165) is 66.9 Å². The molecule has 0 saturated carbocycles. The lowest BCUT2D eigenvalue weighted by Gasteiger charge is -2.36. The molecule has 1 fully saturated rings. The lowest BCUT2D eigenvalue weighted by molar-refractivity contribution is 0.249. The first-order chi connectivity index (χ1) is 15.6. The third-order valence-corrected chi connectivity index (χ3v) is 6.18. The highest BCUT2D eigenvalue weighted by molar-refractivity contribution is 7.95. The van der Waals surface area contributed by atoms with Crippen LogP contribution < -0.4 is 18.6 Å². The maximum atomic E-state index is 13.3. The van der Waals surface area contributed by atoms with E-state index in [-0.39, 0.29) is 5.82 Å². The van der Waals surface area contributed by atoms with E-state index in [1.165, 1.54) is 23.4 Å². The van der Waals surface area contributed by atoms with Crippen LogP contribution in [0.15, 0.2) is 71.6 Å². The van der Waals surface area contributed by atoms with Gasteiger partial charge in [-0.1, -0.05) is 12.1 Å². The summed E-state index contributed by atoms with van der Waals surface area (Å²) >= 11 is 1.16. The summed E-state index contributed by atoms with van der Waals surface area (Å²) < 4.78 is 29.7. The van der Waals surface area contributed by atoms with Gasteiger partial charge in [-0.15, -0.1) is 0 Å². The summed E-state index contributed by atoms with van der Waals surface area (Å²) in [6.07, 6.45) is 0. The monoisotopic (exact) mass is 454 g/mol. The molecule has 0 N–H and O–H groups in total. The van der Waals surface area contributed by atoms with Gasteiger partial charge in [0.05, 0.1) is 31.2 Å². The maximum Gasteiger partial charge on any atom is 0.161 e. The van der Waals surface area contributed by atoms with Crippen molar-refractivity contribution in [3.8, 4) is 17.2 Å². The van der Waals surface area contributed by atoms with Gasteiger partial charge >= 0.3 is 0 Å². The molecule has 4 rings (SSSR count). The molecule has 0 amide bonds. The van der Waals surface area contributed by atoms with E-state index in [4.69, 9.17) is 13.7 Å². The van der Waals surface area contributed by atoms with Crippen LogP contribution in [-0.4, -0.2) is 45.3 Å². The average Bonchev–Trinajstić information content (AvgIpc) is 2.83. The first kappa shape index (κ1) is 22.3. The van der Waals surface area contributed by atoms with Crippen LogP contribution >= 0.6 is 12.0 Å².